The van der Waals surface area contributed by atoms with Crippen LogP contribution >= 0.6 is 0 Å². The molecule has 2 heteroatoms. The summed E-state index contributed by atoms with van der Waals surface area (Å²) in [6, 6.07) is 0. The van der Waals surface area contributed by atoms with Crippen LogP contribution in [0.25, 0.3) is 0 Å². The summed E-state index contributed by atoms with van der Waals surface area (Å²) in [5.74, 6) is 1.01. The number of ketones is 2. The maximum absolute atomic E-state index is 11.5. The number of hydrogen-bond donors (Lipinski definition) is 0. The lowest BCUT2D eigenvalue weighted by Crippen LogP contribution is -2.29. The first kappa shape index (κ1) is 8.67. The molecule has 0 unspecified atom stereocenters. The number of allylic oxidation sites excluding steroid dienone is 2. The predicted octanol–water partition coefficient (Wildman–Crippen LogP) is 1.60. The highest BCUT2D eigenvalue weighted by molar-refractivity contribution is 5.99. The van der Waals surface area contributed by atoms with E-state index in [2.05, 4.69) is 6.92 Å². The van der Waals surface area contributed by atoms with E-state index in [0.29, 0.717) is 12.3 Å². The van der Waals surface area contributed by atoms with Gasteiger partial charge in [-0.3, -0.25) is 9.59 Å². The van der Waals surface area contributed by atoms with Crippen molar-refractivity contribution in [3.63, 3.8) is 0 Å². The molecule has 70 valence electrons. The summed E-state index contributed by atoms with van der Waals surface area (Å²) in [5, 5.41) is 0. The molecule has 0 saturated heterocycles. The summed E-state index contributed by atoms with van der Waals surface area (Å²) in [4.78, 5) is 23.0. The van der Waals surface area contributed by atoms with Gasteiger partial charge in [-0.2, -0.15) is 0 Å². The molecule has 13 heavy (non-hydrogen) atoms. The highest BCUT2D eigenvalue weighted by Crippen LogP contribution is 2.42. The molecule has 2 nitrogen and oxygen atoms in total. The van der Waals surface area contributed by atoms with Gasteiger partial charge in [-0.05, 0) is 17.9 Å². The van der Waals surface area contributed by atoms with Crippen molar-refractivity contribution in [1.82, 2.24) is 0 Å². The molecule has 0 aromatic carbocycles. The Balaban J connectivity index is 2.34. The fourth-order valence-corrected chi connectivity index (χ4v) is 2.59. The van der Waals surface area contributed by atoms with E-state index in [1.807, 2.05) is 13.0 Å². The van der Waals surface area contributed by atoms with Gasteiger partial charge in [0.05, 0.1) is 0 Å². The van der Waals surface area contributed by atoms with E-state index in [9.17, 15) is 9.59 Å². The molecule has 0 heterocycles. The Morgan fingerprint density at radius 2 is 2.00 bits per heavy atom. The minimum Gasteiger partial charge on any atom is -0.299 e. The van der Waals surface area contributed by atoms with Gasteiger partial charge in [-0.1, -0.05) is 19.9 Å². The molecule has 0 aliphatic heterocycles. The molecular formula is C11H14O2. The van der Waals surface area contributed by atoms with Crippen molar-refractivity contribution >= 4 is 11.6 Å². The van der Waals surface area contributed by atoms with Crippen LogP contribution in [0.2, 0.25) is 0 Å². The number of Topliss-reactive ketones (excluding diaryl/α,β-unsaturated/α-hetero) is 1. The molecule has 0 spiro atoms. The van der Waals surface area contributed by atoms with Gasteiger partial charge in [0.1, 0.15) is 5.78 Å². The van der Waals surface area contributed by atoms with Crippen LogP contribution < -0.4 is 0 Å². The Morgan fingerprint density at radius 3 is 2.62 bits per heavy atom. The van der Waals surface area contributed by atoms with Gasteiger partial charge in [0.25, 0.3) is 0 Å². The average molecular weight is 178 g/mol. The van der Waals surface area contributed by atoms with E-state index in [4.69, 9.17) is 0 Å². The third-order valence-corrected chi connectivity index (χ3v) is 3.51. The van der Waals surface area contributed by atoms with E-state index in [0.717, 1.165) is 0 Å². The van der Waals surface area contributed by atoms with Gasteiger partial charge in [-0.25, -0.2) is 0 Å². The highest BCUT2D eigenvalue weighted by Gasteiger charge is 2.46. The number of carbonyl (C=O) groups is 2. The van der Waals surface area contributed by atoms with Crippen LogP contribution in [0, 0.1) is 23.7 Å². The zero-order valence-electron chi connectivity index (χ0n) is 7.99. The molecular weight excluding hydrogens is 164 g/mol. The molecule has 1 fully saturated rings. The smallest absolute Gasteiger partial charge is 0.159 e. The van der Waals surface area contributed by atoms with Crippen LogP contribution in [-0.4, -0.2) is 11.6 Å². The van der Waals surface area contributed by atoms with Crippen LogP contribution in [0.3, 0.4) is 0 Å². The summed E-state index contributed by atoms with van der Waals surface area (Å²) in [6.07, 6.45) is 4.19. The summed E-state index contributed by atoms with van der Waals surface area (Å²) in [7, 11) is 0. The van der Waals surface area contributed by atoms with E-state index in [-0.39, 0.29) is 29.3 Å². The normalized spacial score (nSPS) is 43.8. The molecule has 2 rings (SSSR count). The van der Waals surface area contributed by atoms with Gasteiger partial charge in [0.15, 0.2) is 5.78 Å². The first-order valence-corrected chi connectivity index (χ1v) is 4.86. The van der Waals surface area contributed by atoms with E-state index in [1.54, 1.807) is 6.08 Å². The zero-order chi connectivity index (χ0) is 9.59. The van der Waals surface area contributed by atoms with Gasteiger partial charge in [0.2, 0.25) is 0 Å². The summed E-state index contributed by atoms with van der Waals surface area (Å²) in [5.41, 5.74) is 0. The summed E-state index contributed by atoms with van der Waals surface area (Å²) in [6.45, 7) is 3.97. The van der Waals surface area contributed by atoms with Crippen molar-refractivity contribution in [2.45, 2.75) is 20.3 Å². The fraction of sp³-hybridized carbons (Fsp3) is 0.636. The third-order valence-electron chi connectivity index (χ3n) is 3.51. The molecule has 2 aliphatic rings. The van der Waals surface area contributed by atoms with E-state index >= 15 is 0 Å². The van der Waals surface area contributed by atoms with Crippen LogP contribution in [0.5, 0.6) is 0 Å². The Bertz CT molecular complexity index is 290. The topological polar surface area (TPSA) is 34.1 Å². The summed E-state index contributed by atoms with van der Waals surface area (Å²) < 4.78 is 0. The van der Waals surface area contributed by atoms with Crippen LogP contribution in [0.15, 0.2) is 12.2 Å². The zero-order valence-corrected chi connectivity index (χ0v) is 7.99. The standard InChI is InChI=1S/C11H14O2/c1-6-3-4-9(12)11-7(2)10(13)5-8(6)11/h3-4,6-8,11H,5H2,1-2H3/t6-,7-,8-,11+/m0/s1. The van der Waals surface area contributed by atoms with Crippen molar-refractivity contribution in [2.75, 3.05) is 0 Å². The molecule has 0 radical (unpaired) electrons. The lowest BCUT2D eigenvalue weighted by molar-refractivity contribution is -0.125. The maximum atomic E-state index is 11.5. The van der Waals surface area contributed by atoms with Crippen molar-refractivity contribution < 1.29 is 9.59 Å². The van der Waals surface area contributed by atoms with Crippen LogP contribution in [0.1, 0.15) is 20.3 Å². The largest absolute Gasteiger partial charge is 0.299 e. The first-order chi connectivity index (χ1) is 6.11. The number of fused-ring (bicyclic) bond motifs is 1. The van der Waals surface area contributed by atoms with Gasteiger partial charge >= 0.3 is 0 Å². The fourth-order valence-electron chi connectivity index (χ4n) is 2.59. The van der Waals surface area contributed by atoms with Gasteiger partial charge < -0.3 is 0 Å². The lowest BCUT2D eigenvalue weighted by atomic mass is 9.76. The molecule has 1 saturated carbocycles. The third kappa shape index (κ3) is 1.16. The molecule has 0 bridgehead atoms. The average Bonchev–Trinajstić information content (AvgIpc) is 2.38. The minimum absolute atomic E-state index is 0.0208. The molecule has 2 aliphatic carbocycles. The number of hydrogen-bond acceptors (Lipinski definition) is 2. The number of rotatable bonds is 0. The highest BCUT2D eigenvalue weighted by atomic mass is 16.1. The second kappa shape index (κ2) is 2.79. The van der Waals surface area contributed by atoms with Crippen molar-refractivity contribution in [3.05, 3.63) is 12.2 Å². The van der Waals surface area contributed by atoms with Crippen molar-refractivity contribution in [1.29, 1.82) is 0 Å². The Morgan fingerprint density at radius 1 is 1.31 bits per heavy atom. The maximum Gasteiger partial charge on any atom is 0.159 e. The molecule has 0 amide bonds. The van der Waals surface area contributed by atoms with E-state index in [1.165, 1.54) is 0 Å². The first-order valence-electron chi connectivity index (χ1n) is 4.86. The minimum atomic E-state index is -0.0510. The summed E-state index contributed by atoms with van der Waals surface area (Å²) >= 11 is 0. The van der Waals surface area contributed by atoms with Crippen molar-refractivity contribution in [2.24, 2.45) is 23.7 Å². The molecule has 0 N–H and O–H groups in total. The van der Waals surface area contributed by atoms with E-state index < -0.39 is 0 Å². The molecule has 0 aromatic rings. The second-order valence-corrected chi connectivity index (χ2v) is 4.27. The number of carbonyl (C=O) groups excluding carboxylic acids is 2. The second-order valence-electron chi connectivity index (χ2n) is 4.27. The van der Waals surface area contributed by atoms with Crippen LogP contribution in [0.4, 0.5) is 0 Å². The van der Waals surface area contributed by atoms with Crippen molar-refractivity contribution in [3.8, 4) is 0 Å². The monoisotopic (exact) mass is 178 g/mol. The van der Waals surface area contributed by atoms with Crippen LogP contribution in [-0.2, 0) is 9.59 Å². The molecule has 4 atom stereocenters. The Labute approximate surface area is 78.0 Å². The van der Waals surface area contributed by atoms with Gasteiger partial charge in [0, 0.05) is 18.3 Å². The van der Waals surface area contributed by atoms with Gasteiger partial charge in [-0.15, -0.1) is 0 Å². The molecule has 0 aromatic heterocycles. The Kier molecular flexibility index (Phi) is 1.86. The predicted molar refractivity (Wildman–Crippen MR) is 49.1 cm³/mol. The quantitative estimate of drug-likeness (QED) is 0.564. The lowest BCUT2D eigenvalue weighted by Gasteiger charge is -2.26. The SMILES string of the molecule is C[C@H]1C=CC(=O)[C@H]2[C@H]1CC(=O)[C@@H]2C. The Hall–Kier alpha value is -0.920.